The van der Waals surface area contributed by atoms with E-state index in [4.69, 9.17) is 0 Å². The van der Waals surface area contributed by atoms with Crippen molar-refractivity contribution in [3.63, 3.8) is 0 Å². The van der Waals surface area contributed by atoms with Crippen LogP contribution in [0, 0.1) is 0 Å². The summed E-state index contributed by atoms with van der Waals surface area (Å²) in [7, 11) is 0. The Kier molecular flexibility index (Phi) is 12.4. The number of aromatic nitrogens is 1. The molecule has 0 spiro atoms. The molecule has 1 aromatic heterocycles. The summed E-state index contributed by atoms with van der Waals surface area (Å²) in [5.74, 6) is 0. The van der Waals surface area contributed by atoms with Crippen molar-refractivity contribution in [1.29, 1.82) is 0 Å². The van der Waals surface area contributed by atoms with Gasteiger partial charge in [-0.05, 0) is 107 Å². The molecular weight excluding hydrogens is 1130 g/mol. The van der Waals surface area contributed by atoms with Crippen LogP contribution in [-0.4, -0.2) is 11.3 Å². The molecule has 2 aliphatic heterocycles. The van der Waals surface area contributed by atoms with Crippen LogP contribution < -0.4 is 26.2 Å². The van der Waals surface area contributed by atoms with E-state index >= 15 is 0 Å². The maximum absolute atomic E-state index is 2.68. The van der Waals surface area contributed by atoms with Gasteiger partial charge in [0.25, 0.3) is 6.71 Å². The van der Waals surface area contributed by atoms with Crippen molar-refractivity contribution in [1.82, 2.24) is 4.57 Å². The van der Waals surface area contributed by atoms with E-state index in [-0.39, 0.29) is 6.71 Å². The zero-order valence-corrected chi connectivity index (χ0v) is 51.4. The van der Waals surface area contributed by atoms with E-state index < -0.39 is 0 Å². The average molecular weight is 1190 g/mol. The molecular formula is C90H58BN3. The summed E-state index contributed by atoms with van der Waals surface area (Å²) in [6.07, 6.45) is 0. The SMILES string of the molecule is c1ccc(-c2ccc3c(c2)B2c4cc(-c5ccccc5)ccc4N(c4c(-c5ccccc5)cccc4-c4ccccc4)c4cc(-n5c6c7ccccc7ccc6c6c7ccccc7c7ccccc7c65)cc(c42)N3c2c(-c3ccccc3)cccc2-c2ccccc2)cc1. The highest BCUT2D eigenvalue weighted by molar-refractivity contribution is 7.00. The minimum Gasteiger partial charge on any atom is -0.310 e. The Balaban J connectivity index is 1.05. The van der Waals surface area contributed by atoms with E-state index in [0.29, 0.717) is 0 Å². The third-order valence-electron chi connectivity index (χ3n) is 19.9. The van der Waals surface area contributed by atoms with Crippen LogP contribution in [0.1, 0.15) is 0 Å². The lowest BCUT2D eigenvalue weighted by molar-refractivity contribution is 1.17. The normalized spacial score (nSPS) is 12.4. The van der Waals surface area contributed by atoms with Gasteiger partial charge in [-0.2, -0.15) is 0 Å². The van der Waals surface area contributed by atoms with Gasteiger partial charge in [-0.25, -0.2) is 0 Å². The van der Waals surface area contributed by atoms with Gasteiger partial charge in [0.2, 0.25) is 0 Å². The quantitative estimate of drug-likeness (QED) is 0.105. The summed E-state index contributed by atoms with van der Waals surface area (Å²) in [4.78, 5) is 5.36. The summed E-state index contributed by atoms with van der Waals surface area (Å²) >= 11 is 0. The van der Waals surface area contributed by atoms with E-state index in [1.165, 1.54) is 92.8 Å². The summed E-state index contributed by atoms with van der Waals surface area (Å²) in [6.45, 7) is -0.249. The molecule has 0 amide bonds. The van der Waals surface area contributed by atoms with Crippen LogP contribution in [0.5, 0.6) is 0 Å². The van der Waals surface area contributed by atoms with Crippen molar-refractivity contribution in [2.45, 2.75) is 0 Å². The van der Waals surface area contributed by atoms with Gasteiger partial charge >= 0.3 is 0 Å². The monoisotopic (exact) mass is 1190 g/mol. The molecule has 3 nitrogen and oxygen atoms in total. The second kappa shape index (κ2) is 21.7. The van der Waals surface area contributed by atoms with E-state index in [1.807, 2.05) is 0 Å². The first-order valence-electron chi connectivity index (χ1n) is 32.6. The third kappa shape index (κ3) is 8.33. The molecule has 16 aromatic carbocycles. The van der Waals surface area contributed by atoms with E-state index in [1.54, 1.807) is 0 Å². The molecule has 94 heavy (non-hydrogen) atoms. The molecule has 4 heteroatoms. The van der Waals surface area contributed by atoms with Crippen molar-refractivity contribution in [3.05, 3.63) is 352 Å². The van der Waals surface area contributed by atoms with E-state index in [2.05, 4.69) is 366 Å². The summed E-state index contributed by atoms with van der Waals surface area (Å²) in [6, 6.07) is 132. The van der Waals surface area contributed by atoms with Gasteiger partial charge in [0.05, 0.1) is 28.1 Å². The minimum atomic E-state index is -0.249. The Morgan fingerprint density at radius 3 is 1.04 bits per heavy atom. The molecule has 0 fully saturated rings. The summed E-state index contributed by atoms with van der Waals surface area (Å²) < 4.78 is 2.66. The van der Waals surface area contributed by atoms with Crippen molar-refractivity contribution < 1.29 is 0 Å². The highest BCUT2D eigenvalue weighted by Gasteiger charge is 2.46. The van der Waals surface area contributed by atoms with Crippen molar-refractivity contribution in [3.8, 4) is 72.4 Å². The van der Waals surface area contributed by atoms with Crippen LogP contribution in [0.15, 0.2) is 352 Å². The minimum absolute atomic E-state index is 0.249. The van der Waals surface area contributed by atoms with Crippen LogP contribution in [0.3, 0.4) is 0 Å². The lowest BCUT2D eigenvalue weighted by Gasteiger charge is -2.46. The molecule has 3 heterocycles. The van der Waals surface area contributed by atoms with Gasteiger partial charge in [-0.3, -0.25) is 0 Å². The molecule has 0 N–H and O–H groups in total. The van der Waals surface area contributed by atoms with Crippen LogP contribution >= 0.6 is 0 Å². The van der Waals surface area contributed by atoms with Gasteiger partial charge in [0, 0.05) is 66.5 Å². The number of benzene rings is 16. The smallest absolute Gasteiger partial charge is 0.252 e. The predicted octanol–water partition coefficient (Wildman–Crippen LogP) is 22.3. The van der Waals surface area contributed by atoms with Gasteiger partial charge in [0.15, 0.2) is 0 Å². The molecule has 17 aromatic rings. The fraction of sp³-hybridized carbons (Fsp3) is 0. The zero-order valence-electron chi connectivity index (χ0n) is 51.4. The molecule has 0 unspecified atom stereocenters. The molecule has 0 bridgehead atoms. The number of para-hydroxylation sites is 2. The Labute approximate surface area is 546 Å². The van der Waals surface area contributed by atoms with Crippen LogP contribution in [0.4, 0.5) is 34.1 Å². The number of fused-ring (bicyclic) bond motifs is 14. The lowest BCUT2D eigenvalue weighted by Crippen LogP contribution is -2.61. The van der Waals surface area contributed by atoms with Gasteiger partial charge in [0.1, 0.15) is 0 Å². The summed E-state index contributed by atoms with van der Waals surface area (Å²) in [5, 5.41) is 9.75. The summed E-state index contributed by atoms with van der Waals surface area (Å²) in [5.41, 5.74) is 27.6. The molecule has 2 aliphatic rings. The first kappa shape index (κ1) is 53.6. The Bertz CT molecular complexity index is 5490. The van der Waals surface area contributed by atoms with E-state index in [0.717, 1.165) is 84.3 Å². The topological polar surface area (TPSA) is 11.4 Å². The Hall–Kier alpha value is -12.2. The molecule has 0 saturated heterocycles. The molecule has 0 radical (unpaired) electrons. The average Bonchev–Trinajstić information content (AvgIpc) is 1.06. The molecule has 19 rings (SSSR count). The van der Waals surface area contributed by atoms with Crippen molar-refractivity contribution in [2.24, 2.45) is 0 Å². The number of hydrogen-bond acceptors (Lipinski definition) is 2. The van der Waals surface area contributed by atoms with Gasteiger partial charge in [-0.1, -0.05) is 328 Å². The fourth-order valence-electron chi connectivity index (χ4n) is 15.9. The molecule has 0 saturated carbocycles. The standard InChI is InChI=1S/C90H58BN3/c1-7-27-59(28-8-1)66-50-53-81-79(55-66)91-80-56-67(60-29-9-2-10-30-60)51-54-82(80)94(88-72(63-35-15-5-16-36-63)47-26-48-73(88)64-37-17-6-18-38-64)84-58-68(57-83(86(84)91)93(81)87-70(61-31-11-3-12-32-61)45-25-46-71(87)62-33-13-4-14-34-62)92-89-69-40-20-19-39-65(69)49-52-78(89)85-76-43-23-21-41-74(76)75-42-22-24-44-77(75)90(85)92/h1-58H. The Morgan fingerprint density at radius 1 is 0.223 bits per heavy atom. The fourth-order valence-corrected chi connectivity index (χ4v) is 15.9. The zero-order chi connectivity index (χ0) is 61.8. The highest BCUT2D eigenvalue weighted by Crippen LogP contribution is 2.55. The number of anilines is 6. The lowest BCUT2D eigenvalue weighted by atomic mass is 9.33. The number of nitrogens with zero attached hydrogens (tertiary/aromatic N) is 3. The number of hydrogen-bond donors (Lipinski definition) is 0. The second-order valence-corrected chi connectivity index (χ2v) is 25.0. The van der Waals surface area contributed by atoms with Crippen LogP contribution in [0.2, 0.25) is 0 Å². The number of rotatable bonds is 9. The highest BCUT2D eigenvalue weighted by atomic mass is 15.2. The van der Waals surface area contributed by atoms with Crippen molar-refractivity contribution >= 4 is 111 Å². The first-order chi connectivity index (χ1) is 46.7. The second-order valence-electron chi connectivity index (χ2n) is 25.0. The van der Waals surface area contributed by atoms with E-state index in [9.17, 15) is 0 Å². The molecule has 0 atom stereocenters. The predicted molar refractivity (Wildman–Crippen MR) is 400 cm³/mol. The van der Waals surface area contributed by atoms with Gasteiger partial charge in [-0.15, -0.1) is 0 Å². The first-order valence-corrected chi connectivity index (χ1v) is 32.6. The molecule has 436 valence electrons. The van der Waals surface area contributed by atoms with Crippen LogP contribution in [-0.2, 0) is 0 Å². The van der Waals surface area contributed by atoms with Gasteiger partial charge < -0.3 is 14.4 Å². The van der Waals surface area contributed by atoms with Crippen LogP contribution in [0.25, 0.3) is 127 Å². The van der Waals surface area contributed by atoms with Crippen molar-refractivity contribution in [2.75, 3.05) is 9.80 Å². The largest absolute Gasteiger partial charge is 0.310 e. The maximum Gasteiger partial charge on any atom is 0.252 e. The maximum atomic E-state index is 2.68. The third-order valence-corrected chi connectivity index (χ3v) is 19.9. The molecule has 0 aliphatic carbocycles. The Morgan fingerprint density at radius 2 is 0.596 bits per heavy atom.